The van der Waals surface area contributed by atoms with Crippen LogP contribution in [0.2, 0.25) is 5.02 Å². The van der Waals surface area contributed by atoms with Crippen LogP contribution < -0.4 is 10.1 Å². The zero-order valence-corrected chi connectivity index (χ0v) is 16.2. The molecule has 1 atom stereocenters. The van der Waals surface area contributed by atoms with Crippen LogP contribution >= 0.6 is 11.6 Å². The van der Waals surface area contributed by atoms with Crippen LogP contribution in [0.1, 0.15) is 30.4 Å². The van der Waals surface area contributed by atoms with Crippen molar-refractivity contribution in [3.05, 3.63) is 75.7 Å². The largest absolute Gasteiger partial charge is 0.497 e. The van der Waals surface area contributed by atoms with E-state index in [9.17, 15) is 14.0 Å². The fraction of sp³-hybridized carbons (Fsp3) is 0.238. The highest BCUT2D eigenvalue weighted by Gasteiger charge is 2.35. The fourth-order valence-corrected chi connectivity index (χ4v) is 3.50. The molecule has 5 nitrogen and oxygen atoms in total. The number of carbonyl (C=O) groups excluding carboxylic acids is 2. The number of esters is 1. The molecular formula is C21H19ClFNO4. The van der Waals surface area contributed by atoms with Gasteiger partial charge in [-0.25, -0.2) is 9.18 Å². The van der Waals surface area contributed by atoms with Crippen LogP contribution in [-0.2, 0) is 20.9 Å². The van der Waals surface area contributed by atoms with Gasteiger partial charge in [-0.15, -0.1) is 0 Å². The second-order valence-electron chi connectivity index (χ2n) is 6.40. The first kappa shape index (κ1) is 19.9. The Hall–Kier alpha value is -2.86. The number of methoxy groups -OCH3 is 1. The number of allylic oxidation sites excluding steroid dienone is 1. The topological polar surface area (TPSA) is 64.6 Å². The molecule has 1 amide bonds. The molecule has 1 aliphatic heterocycles. The van der Waals surface area contributed by atoms with Gasteiger partial charge >= 0.3 is 5.97 Å². The first-order chi connectivity index (χ1) is 13.4. The number of halogens is 2. The molecule has 0 saturated heterocycles. The van der Waals surface area contributed by atoms with Crippen LogP contribution in [0.5, 0.6) is 5.75 Å². The summed E-state index contributed by atoms with van der Waals surface area (Å²) in [5.41, 5.74) is 1.42. The highest BCUT2D eigenvalue weighted by molar-refractivity contribution is 6.31. The molecule has 2 aromatic rings. The summed E-state index contributed by atoms with van der Waals surface area (Å²) in [6, 6.07) is 11.3. The Morgan fingerprint density at radius 3 is 2.61 bits per heavy atom. The molecule has 1 aliphatic rings. The smallest absolute Gasteiger partial charge is 0.336 e. The van der Waals surface area contributed by atoms with Gasteiger partial charge in [0.05, 0.1) is 12.7 Å². The van der Waals surface area contributed by atoms with Gasteiger partial charge in [-0.2, -0.15) is 0 Å². The molecule has 7 heteroatoms. The first-order valence-electron chi connectivity index (χ1n) is 8.65. The fourth-order valence-electron chi connectivity index (χ4n) is 3.21. The Kier molecular flexibility index (Phi) is 5.99. The van der Waals surface area contributed by atoms with E-state index in [0.717, 1.165) is 5.56 Å². The zero-order chi connectivity index (χ0) is 20.3. The van der Waals surface area contributed by atoms with Crippen molar-refractivity contribution in [2.75, 3.05) is 7.11 Å². The van der Waals surface area contributed by atoms with Gasteiger partial charge < -0.3 is 14.8 Å². The molecule has 0 aliphatic carbocycles. The average Bonchev–Trinajstić information content (AvgIpc) is 2.66. The molecule has 0 unspecified atom stereocenters. The molecule has 0 radical (unpaired) electrons. The van der Waals surface area contributed by atoms with Crippen molar-refractivity contribution in [2.45, 2.75) is 25.9 Å². The lowest BCUT2D eigenvalue weighted by atomic mass is 9.84. The number of ether oxygens (including phenoxy) is 2. The molecular weight excluding hydrogens is 385 g/mol. The second kappa shape index (κ2) is 8.44. The number of nitrogens with one attached hydrogen (secondary N) is 1. The van der Waals surface area contributed by atoms with E-state index in [4.69, 9.17) is 21.1 Å². The molecule has 0 fully saturated rings. The summed E-state index contributed by atoms with van der Waals surface area (Å²) in [5.74, 6) is -1.63. The molecule has 1 heterocycles. The summed E-state index contributed by atoms with van der Waals surface area (Å²) in [4.78, 5) is 24.8. The number of amides is 1. The van der Waals surface area contributed by atoms with Crippen molar-refractivity contribution in [1.82, 2.24) is 5.32 Å². The predicted molar refractivity (Wildman–Crippen MR) is 102 cm³/mol. The lowest BCUT2D eigenvalue weighted by molar-refractivity contribution is -0.141. The van der Waals surface area contributed by atoms with E-state index >= 15 is 0 Å². The lowest BCUT2D eigenvalue weighted by Gasteiger charge is -2.27. The highest BCUT2D eigenvalue weighted by atomic mass is 35.5. The molecule has 0 aromatic heterocycles. The summed E-state index contributed by atoms with van der Waals surface area (Å²) in [6.45, 7) is 1.62. The number of carbonyl (C=O) groups is 2. The Morgan fingerprint density at radius 2 is 1.96 bits per heavy atom. The van der Waals surface area contributed by atoms with Crippen LogP contribution in [0.3, 0.4) is 0 Å². The Bertz CT molecular complexity index is 920. The third-order valence-corrected chi connectivity index (χ3v) is 4.90. The van der Waals surface area contributed by atoms with Crippen molar-refractivity contribution >= 4 is 23.5 Å². The number of hydrogen-bond donors (Lipinski definition) is 1. The third kappa shape index (κ3) is 4.17. The van der Waals surface area contributed by atoms with Crippen molar-refractivity contribution in [3.8, 4) is 5.75 Å². The molecule has 0 saturated carbocycles. The molecule has 1 N–H and O–H groups in total. The first-order valence-corrected chi connectivity index (χ1v) is 9.03. The van der Waals surface area contributed by atoms with E-state index < -0.39 is 17.7 Å². The molecule has 2 aromatic carbocycles. The van der Waals surface area contributed by atoms with Crippen molar-refractivity contribution in [3.63, 3.8) is 0 Å². The summed E-state index contributed by atoms with van der Waals surface area (Å²) >= 11 is 6.17. The Morgan fingerprint density at radius 1 is 1.25 bits per heavy atom. The zero-order valence-electron chi connectivity index (χ0n) is 15.4. The van der Waals surface area contributed by atoms with Crippen LogP contribution in [0.25, 0.3) is 0 Å². The van der Waals surface area contributed by atoms with Gasteiger partial charge in [-0.3, -0.25) is 4.79 Å². The number of hydrogen-bond acceptors (Lipinski definition) is 4. The van der Waals surface area contributed by atoms with E-state index in [2.05, 4.69) is 5.32 Å². The summed E-state index contributed by atoms with van der Waals surface area (Å²) in [5, 5.41) is 2.78. The summed E-state index contributed by atoms with van der Waals surface area (Å²) in [6.07, 6.45) is -0.0923. The molecule has 0 bridgehead atoms. The monoisotopic (exact) mass is 403 g/mol. The van der Waals surface area contributed by atoms with E-state index in [0.29, 0.717) is 11.4 Å². The minimum Gasteiger partial charge on any atom is -0.497 e. The van der Waals surface area contributed by atoms with Gasteiger partial charge in [0, 0.05) is 28.6 Å². The Labute approximate surface area is 167 Å². The lowest BCUT2D eigenvalue weighted by Crippen LogP contribution is -2.34. The maximum Gasteiger partial charge on any atom is 0.336 e. The SMILES string of the molecule is COc1ccc(COC(=O)C2=C(C)NC(=O)C[C@H]2c2c(F)cccc2Cl)cc1. The van der Waals surface area contributed by atoms with Crippen LogP contribution in [0.15, 0.2) is 53.7 Å². The standard InChI is InChI=1S/C21H19ClFNO4/c1-12-19(21(26)28-11-13-6-8-14(27-2)9-7-13)15(10-18(25)24-12)20-16(22)4-3-5-17(20)23/h3-9,15H,10-11H2,1-2H3,(H,24,25)/t15-/m1/s1. The van der Waals surface area contributed by atoms with Crippen LogP contribution in [0, 0.1) is 5.82 Å². The number of benzene rings is 2. The van der Waals surface area contributed by atoms with Gasteiger partial charge in [-0.05, 0) is 36.8 Å². The van der Waals surface area contributed by atoms with Crippen LogP contribution in [0.4, 0.5) is 4.39 Å². The van der Waals surface area contributed by atoms with Gasteiger partial charge in [0.2, 0.25) is 5.91 Å². The maximum atomic E-state index is 14.4. The van der Waals surface area contributed by atoms with Gasteiger partial charge in [-0.1, -0.05) is 29.8 Å². The minimum absolute atomic E-state index is 0.0330. The second-order valence-corrected chi connectivity index (χ2v) is 6.81. The van der Waals surface area contributed by atoms with Gasteiger partial charge in [0.25, 0.3) is 0 Å². The van der Waals surface area contributed by atoms with E-state index in [1.807, 2.05) is 0 Å². The quantitative estimate of drug-likeness (QED) is 0.763. The van der Waals surface area contributed by atoms with Crippen molar-refractivity contribution in [2.24, 2.45) is 0 Å². The molecule has 28 heavy (non-hydrogen) atoms. The third-order valence-electron chi connectivity index (χ3n) is 4.57. The van der Waals surface area contributed by atoms with E-state index in [1.54, 1.807) is 38.3 Å². The van der Waals surface area contributed by atoms with E-state index in [1.165, 1.54) is 18.2 Å². The van der Waals surface area contributed by atoms with Gasteiger partial charge in [0.15, 0.2) is 0 Å². The highest BCUT2D eigenvalue weighted by Crippen LogP contribution is 2.38. The van der Waals surface area contributed by atoms with Crippen molar-refractivity contribution < 1.29 is 23.5 Å². The number of rotatable bonds is 5. The average molecular weight is 404 g/mol. The van der Waals surface area contributed by atoms with E-state index in [-0.39, 0.29) is 35.1 Å². The predicted octanol–water partition coefficient (Wildman–Crippen LogP) is 4.11. The van der Waals surface area contributed by atoms with Crippen molar-refractivity contribution in [1.29, 1.82) is 0 Å². The Balaban J connectivity index is 1.86. The van der Waals surface area contributed by atoms with Gasteiger partial charge in [0.1, 0.15) is 18.2 Å². The molecule has 3 rings (SSSR count). The summed E-state index contributed by atoms with van der Waals surface area (Å²) < 4.78 is 25.0. The normalized spacial score (nSPS) is 16.6. The minimum atomic E-state index is -0.814. The summed E-state index contributed by atoms with van der Waals surface area (Å²) in [7, 11) is 1.57. The maximum absolute atomic E-state index is 14.4. The molecule has 0 spiro atoms. The van der Waals surface area contributed by atoms with Crippen LogP contribution in [-0.4, -0.2) is 19.0 Å². The molecule has 146 valence electrons.